The molecule has 3 N–H and O–H groups in total. The molecule has 0 amide bonds. The number of nitrogens with zero attached hydrogens (tertiary/aromatic N) is 1. The van der Waals surface area contributed by atoms with E-state index in [1.54, 1.807) is 0 Å². The van der Waals surface area contributed by atoms with Gasteiger partial charge in [0, 0.05) is 34.9 Å². The molecule has 4 rings (SSSR count). The molecule has 7 heteroatoms. The molecule has 1 aliphatic rings. The largest absolute Gasteiger partial charge is 0.494 e. The number of hydrogen-bond donors (Lipinski definition) is 2. The van der Waals surface area contributed by atoms with Crippen LogP contribution in [-0.2, 0) is 19.3 Å². The lowest BCUT2D eigenvalue weighted by atomic mass is 9.81. The minimum atomic E-state index is -0.678. The lowest BCUT2D eigenvalue weighted by Gasteiger charge is -2.25. The van der Waals surface area contributed by atoms with Crippen LogP contribution in [0.2, 0.25) is 0 Å². The minimum Gasteiger partial charge on any atom is -0.494 e. The van der Waals surface area contributed by atoms with Gasteiger partial charge in [-0.2, -0.15) is 5.10 Å². The van der Waals surface area contributed by atoms with E-state index in [0.717, 1.165) is 28.1 Å². The van der Waals surface area contributed by atoms with Gasteiger partial charge in [-0.1, -0.05) is 36.1 Å². The Kier molecular flexibility index (Phi) is 6.42. The average molecular weight is 437 g/mol. The van der Waals surface area contributed by atoms with Crippen LogP contribution in [0.15, 0.2) is 30.3 Å². The van der Waals surface area contributed by atoms with Gasteiger partial charge in [0.15, 0.2) is 23.1 Å². The van der Waals surface area contributed by atoms with E-state index in [2.05, 4.69) is 22.0 Å². The lowest BCUT2D eigenvalue weighted by molar-refractivity contribution is 0.347. The molecule has 1 unspecified atom stereocenters. The van der Waals surface area contributed by atoms with E-state index in [0.29, 0.717) is 32.2 Å². The lowest BCUT2D eigenvalue weighted by Crippen LogP contribution is -2.16. The number of rotatable bonds is 5. The van der Waals surface area contributed by atoms with Crippen molar-refractivity contribution in [2.45, 2.75) is 31.6 Å². The fraction of sp³-hybridized carbons (Fsp3) is 0.320. The van der Waals surface area contributed by atoms with Gasteiger partial charge in [0.2, 0.25) is 0 Å². The Labute approximate surface area is 185 Å². The predicted octanol–water partition coefficient (Wildman–Crippen LogP) is 4.15. The van der Waals surface area contributed by atoms with E-state index >= 15 is 8.78 Å². The van der Waals surface area contributed by atoms with Gasteiger partial charge in [-0.3, -0.25) is 5.10 Å². The molecular formula is C25H25F2N3O2. The summed E-state index contributed by atoms with van der Waals surface area (Å²) in [7, 11) is 2.71. The topological polar surface area (TPSA) is 73.2 Å². The summed E-state index contributed by atoms with van der Waals surface area (Å²) in [6, 6.07) is 9.23. The molecule has 1 atom stereocenters. The number of methoxy groups -OCH3 is 2. The number of halogens is 2. The zero-order valence-corrected chi connectivity index (χ0v) is 18.1. The number of aromatic nitrogens is 2. The maximum Gasteiger partial charge on any atom is 0.171 e. The Morgan fingerprint density at radius 2 is 1.84 bits per heavy atom. The van der Waals surface area contributed by atoms with Crippen molar-refractivity contribution >= 4 is 0 Å². The highest BCUT2D eigenvalue weighted by atomic mass is 19.1. The van der Waals surface area contributed by atoms with Crippen molar-refractivity contribution in [3.05, 3.63) is 64.4 Å². The van der Waals surface area contributed by atoms with Crippen LogP contribution in [0.3, 0.4) is 0 Å². The Morgan fingerprint density at radius 1 is 1.12 bits per heavy atom. The van der Waals surface area contributed by atoms with Crippen LogP contribution >= 0.6 is 0 Å². The molecule has 5 nitrogen and oxygen atoms in total. The zero-order chi connectivity index (χ0) is 22.7. The van der Waals surface area contributed by atoms with Crippen molar-refractivity contribution in [1.29, 1.82) is 0 Å². The molecule has 1 heterocycles. The zero-order valence-electron chi connectivity index (χ0n) is 18.1. The number of nitrogens with one attached hydrogen (secondary N) is 1. The molecule has 0 aliphatic heterocycles. The van der Waals surface area contributed by atoms with Gasteiger partial charge in [0.1, 0.15) is 0 Å². The highest BCUT2D eigenvalue weighted by Crippen LogP contribution is 2.42. The summed E-state index contributed by atoms with van der Waals surface area (Å²) < 4.78 is 40.2. The SMILES string of the molecule is COc1cc(OC)c(F)c(C2CCc3c(-c4ccccc4CC#CCN)n[nH]c3C2)c1F. The average Bonchev–Trinajstić information content (AvgIpc) is 3.23. The second-order valence-electron chi connectivity index (χ2n) is 7.68. The van der Waals surface area contributed by atoms with Gasteiger partial charge >= 0.3 is 0 Å². The number of hydrogen-bond acceptors (Lipinski definition) is 4. The van der Waals surface area contributed by atoms with Crippen molar-refractivity contribution in [2.24, 2.45) is 5.73 Å². The molecule has 1 aliphatic carbocycles. The molecule has 1 aromatic heterocycles. The maximum atomic E-state index is 15.0. The third-order valence-electron chi connectivity index (χ3n) is 5.94. The van der Waals surface area contributed by atoms with Crippen LogP contribution < -0.4 is 15.2 Å². The van der Waals surface area contributed by atoms with E-state index in [1.165, 1.54) is 20.3 Å². The van der Waals surface area contributed by atoms with Gasteiger partial charge in [-0.25, -0.2) is 8.78 Å². The number of fused-ring (bicyclic) bond motifs is 1. The van der Waals surface area contributed by atoms with E-state index in [9.17, 15) is 0 Å². The number of nitrogens with two attached hydrogens (primary N) is 1. The molecule has 0 fully saturated rings. The van der Waals surface area contributed by atoms with Crippen molar-refractivity contribution in [3.8, 4) is 34.6 Å². The summed E-state index contributed by atoms with van der Waals surface area (Å²) in [5.74, 6) is 4.21. The first-order valence-corrected chi connectivity index (χ1v) is 10.5. The minimum absolute atomic E-state index is 0.000425. The number of ether oxygens (including phenoxy) is 2. The maximum absolute atomic E-state index is 15.0. The number of aromatic amines is 1. The highest BCUT2D eigenvalue weighted by molar-refractivity contribution is 5.68. The number of benzene rings is 2. The summed E-state index contributed by atoms with van der Waals surface area (Å²) in [4.78, 5) is 0. The quantitative estimate of drug-likeness (QED) is 0.588. The molecule has 0 bridgehead atoms. The van der Waals surface area contributed by atoms with Crippen LogP contribution in [0.25, 0.3) is 11.3 Å². The Hall–Kier alpha value is -3.37. The predicted molar refractivity (Wildman–Crippen MR) is 119 cm³/mol. The first-order valence-electron chi connectivity index (χ1n) is 10.5. The Morgan fingerprint density at radius 3 is 2.53 bits per heavy atom. The van der Waals surface area contributed by atoms with Gasteiger partial charge in [0.25, 0.3) is 0 Å². The number of H-pyrrole nitrogens is 1. The van der Waals surface area contributed by atoms with Gasteiger partial charge in [0.05, 0.1) is 26.5 Å². The van der Waals surface area contributed by atoms with Crippen LogP contribution in [0.5, 0.6) is 11.5 Å². The van der Waals surface area contributed by atoms with Crippen LogP contribution in [0.4, 0.5) is 8.78 Å². The van der Waals surface area contributed by atoms with E-state index < -0.39 is 11.6 Å². The third-order valence-corrected chi connectivity index (χ3v) is 5.94. The molecular weight excluding hydrogens is 412 g/mol. The molecule has 32 heavy (non-hydrogen) atoms. The second-order valence-corrected chi connectivity index (χ2v) is 7.68. The van der Waals surface area contributed by atoms with Gasteiger partial charge in [-0.05, 0) is 30.7 Å². The smallest absolute Gasteiger partial charge is 0.171 e. The normalized spacial score (nSPS) is 15.0. The summed E-state index contributed by atoms with van der Waals surface area (Å²) >= 11 is 0. The molecule has 2 aromatic carbocycles. The summed E-state index contributed by atoms with van der Waals surface area (Å²) in [6.07, 6.45) is 2.26. The van der Waals surface area contributed by atoms with E-state index in [-0.39, 0.29) is 23.0 Å². The summed E-state index contributed by atoms with van der Waals surface area (Å²) in [5, 5.41) is 7.66. The molecule has 0 saturated carbocycles. The van der Waals surface area contributed by atoms with Crippen LogP contribution in [0, 0.1) is 23.5 Å². The first kappa shape index (κ1) is 21.8. The van der Waals surface area contributed by atoms with E-state index in [4.69, 9.17) is 15.2 Å². The monoisotopic (exact) mass is 437 g/mol. The fourth-order valence-electron chi connectivity index (χ4n) is 4.37. The highest BCUT2D eigenvalue weighted by Gasteiger charge is 2.32. The summed E-state index contributed by atoms with van der Waals surface area (Å²) in [5.41, 5.74) is 10.4. The van der Waals surface area contributed by atoms with Gasteiger partial charge < -0.3 is 15.2 Å². The van der Waals surface area contributed by atoms with Crippen LogP contribution in [0.1, 0.15) is 34.7 Å². The molecule has 0 spiro atoms. The van der Waals surface area contributed by atoms with Crippen molar-refractivity contribution in [1.82, 2.24) is 10.2 Å². The second kappa shape index (κ2) is 9.41. The molecule has 0 radical (unpaired) electrons. The fourth-order valence-corrected chi connectivity index (χ4v) is 4.37. The standard InChI is InChI=1S/C25H25F2N3O2/c1-31-20-14-21(32-2)24(27)22(23(20)26)16-10-11-18-19(13-16)29-30-25(18)17-9-4-3-7-15(17)8-5-6-12-28/h3-4,7,9,14,16H,8,10-13,28H2,1-2H3,(H,29,30). The molecule has 166 valence electrons. The van der Waals surface area contributed by atoms with Crippen molar-refractivity contribution < 1.29 is 18.3 Å². The Balaban J connectivity index is 1.68. The Bertz CT molecular complexity index is 1170. The van der Waals surface area contributed by atoms with E-state index in [1.807, 2.05) is 24.3 Å². The molecule has 3 aromatic rings. The summed E-state index contributed by atoms with van der Waals surface area (Å²) in [6.45, 7) is 0.323. The van der Waals surface area contributed by atoms with Gasteiger partial charge in [-0.15, -0.1) is 0 Å². The first-order chi connectivity index (χ1) is 15.6. The molecule has 0 saturated heterocycles. The van der Waals surface area contributed by atoms with Crippen LogP contribution in [-0.4, -0.2) is 31.0 Å². The van der Waals surface area contributed by atoms with Crippen molar-refractivity contribution in [2.75, 3.05) is 20.8 Å². The van der Waals surface area contributed by atoms with Crippen molar-refractivity contribution in [3.63, 3.8) is 0 Å². The third kappa shape index (κ3) is 3.94.